The number of nitrogens with zero attached hydrogens (tertiary/aromatic N) is 1. The van der Waals surface area contributed by atoms with Crippen molar-refractivity contribution in [3.05, 3.63) is 29.8 Å². The number of alkyl halides is 2. The van der Waals surface area contributed by atoms with Crippen molar-refractivity contribution in [3.8, 4) is 5.75 Å². The van der Waals surface area contributed by atoms with Crippen LogP contribution in [0.5, 0.6) is 5.75 Å². The minimum atomic E-state index is -2.39. The molecule has 1 fully saturated rings. The van der Waals surface area contributed by atoms with Crippen LogP contribution in [0.25, 0.3) is 0 Å². The lowest BCUT2D eigenvalue weighted by atomic mass is 10.0. The number of carbonyl (C=O) groups is 2. The van der Waals surface area contributed by atoms with Gasteiger partial charge in [0.1, 0.15) is 5.75 Å². The maximum absolute atomic E-state index is 12.3. The van der Waals surface area contributed by atoms with Crippen molar-refractivity contribution in [2.45, 2.75) is 6.43 Å². The van der Waals surface area contributed by atoms with Gasteiger partial charge in [-0.05, 0) is 24.3 Å². The Morgan fingerprint density at radius 2 is 1.90 bits per heavy atom. The molecule has 2 N–H and O–H groups in total. The first-order chi connectivity index (χ1) is 9.47. The molecule has 1 aromatic rings. The van der Waals surface area contributed by atoms with E-state index >= 15 is 0 Å². The Hall–Kier alpha value is -2.18. The maximum atomic E-state index is 12.3. The Morgan fingerprint density at radius 1 is 1.30 bits per heavy atom. The number of primary amides is 1. The van der Waals surface area contributed by atoms with Crippen LogP contribution >= 0.6 is 0 Å². The second-order valence-electron chi connectivity index (χ2n) is 4.57. The van der Waals surface area contributed by atoms with Gasteiger partial charge in [0.15, 0.2) is 6.61 Å². The highest BCUT2D eigenvalue weighted by molar-refractivity contribution is 5.92. The van der Waals surface area contributed by atoms with Gasteiger partial charge in [0.25, 0.3) is 5.91 Å². The second-order valence-corrected chi connectivity index (χ2v) is 4.57. The molecule has 1 aliphatic rings. The van der Waals surface area contributed by atoms with Crippen LogP contribution < -0.4 is 10.5 Å². The highest BCUT2D eigenvalue weighted by Gasteiger charge is 2.36. The summed E-state index contributed by atoms with van der Waals surface area (Å²) < 4.78 is 29.8. The largest absolute Gasteiger partial charge is 0.484 e. The first kappa shape index (κ1) is 14.2. The van der Waals surface area contributed by atoms with Crippen molar-refractivity contribution in [2.24, 2.45) is 11.7 Å². The number of benzene rings is 1. The molecule has 0 radical (unpaired) electrons. The minimum absolute atomic E-state index is 0.0699. The van der Waals surface area contributed by atoms with E-state index in [1.54, 1.807) is 0 Å². The number of hydrogen-bond acceptors (Lipinski definition) is 3. The Labute approximate surface area is 114 Å². The van der Waals surface area contributed by atoms with E-state index in [2.05, 4.69) is 0 Å². The van der Waals surface area contributed by atoms with E-state index in [9.17, 15) is 18.4 Å². The fourth-order valence-electron chi connectivity index (χ4n) is 1.83. The lowest BCUT2D eigenvalue weighted by Gasteiger charge is -2.38. The molecule has 1 saturated heterocycles. The summed E-state index contributed by atoms with van der Waals surface area (Å²) >= 11 is 0. The number of amides is 2. The number of nitrogens with two attached hydrogens (primary N) is 1. The van der Waals surface area contributed by atoms with Gasteiger partial charge in [-0.15, -0.1) is 0 Å². The summed E-state index contributed by atoms with van der Waals surface area (Å²) in [5.74, 6) is -1.20. The summed E-state index contributed by atoms with van der Waals surface area (Å²) in [5, 5.41) is 0. The third kappa shape index (κ3) is 3.23. The van der Waals surface area contributed by atoms with E-state index in [-0.39, 0.29) is 25.6 Å². The van der Waals surface area contributed by atoms with E-state index in [1.165, 1.54) is 29.2 Å². The van der Waals surface area contributed by atoms with Crippen molar-refractivity contribution >= 4 is 11.8 Å². The number of carbonyl (C=O) groups excluding carboxylic acids is 2. The van der Waals surface area contributed by atoms with Gasteiger partial charge in [0.2, 0.25) is 12.3 Å². The molecule has 0 saturated carbocycles. The monoisotopic (exact) mass is 284 g/mol. The summed E-state index contributed by atoms with van der Waals surface area (Å²) in [6, 6.07) is 6.01. The minimum Gasteiger partial charge on any atom is -0.484 e. The first-order valence-corrected chi connectivity index (χ1v) is 6.06. The highest BCUT2D eigenvalue weighted by Crippen LogP contribution is 2.22. The molecule has 5 nitrogen and oxygen atoms in total. The predicted octanol–water partition coefficient (Wildman–Crippen LogP) is 0.888. The fraction of sp³-hybridized carbons (Fsp3) is 0.385. The number of rotatable bonds is 5. The predicted molar refractivity (Wildman–Crippen MR) is 66.5 cm³/mol. The van der Waals surface area contributed by atoms with Crippen molar-refractivity contribution in [1.82, 2.24) is 4.90 Å². The molecular formula is C13H14F2N2O3. The zero-order valence-corrected chi connectivity index (χ0v) is 10.6. The van der Waals surface area contributed by atoms with Gasteiger partial charge >= 0.3 is 0 Å². The molecule has 0 unspecified atom stereocenters. The second kappa shape index (κ2) is 5.85. The Bertz CT molecular complexity index is 499. The molecule has 0 aliphatic carbocycles. The lowest BCUT2D eigenvalue weighted by Crippen LogP contribution is -2.54. The number of hydrogen-bond donors (Lipinski definition) is 1. The lowest BCUT2D eigenvalue weighted by molar-refractivity contribution is -0.143. The van der Waals surface area contributed by atoms with Crippen LogP contribution in [0.4, 0.5) is 8.78 Å². The Balaban J connectivity index is 1.78. The van der Waals surface area contributed by atoms with Crippen LogP contribution in [0.3, 0.4) is 0 Å². The molecule has 1 aliphatic heterocycles. The number of halogens is 2. The average molecular weight is 284 g/mol. The van der Waals surface area contributed by atoms with Crippen LogP contribution in [0.2, 0.25) is 0 Å². The topological polar surface area (TPSA) is 72.6 Å². The van der Waals surface area contributed by atoms with Crippen LogP contribution in [0.15, 0.2) is 24.3 Å². The smallest absolute Gasteiger partial charge is 0.260 e. The van der Waals surface area contributed by atoms with Crippen molar-refractivity contribution < 1.29 is 23.1 Å². The summed E-state index contributed by atoms with van der Waals surface area (Å²) in [6.45, 7) is -0.0766. The van der Waals surface area contributed by atoms with E-state index < -0.39 is 18.3 Å². The van der Waals surface area contributed by atoms with Crippen molar-refractivity contribution in [1.29, 1.82) is 0 Å². The quantitative estimate of drug-likeness (QED) is 0.872. The normalized spacial score (nSPS) is 15.1. The molecule has 0 bridgehead atoms. The number of ether oxygens (including phenoxy) is 1. The molecule has 7 heteroatoms. The van der Waals surface area contributed by atoms with Gasteiger partial charge in [-0.2, -0.15) is 0 Å². The van der Waals surface area contributed by atoms with Crippen LogP contribution in [-0.2, 0) is 4.79 Å². The van der Waals surface area contributed by atoms with E-state index in [0.29, 0.717) is 11.3 Å². The third-order valence-electron chi connectivity index (χ3n) is 3.12. The zero-order valence-electron chi connectivity index (χ0n) is 10.6. The first-order valence-electron chi connectivity index (χ1n) is 6.06. The third-order valence-corrected chi connectivity index (χ3v) is 3.12. The van der Waals surface area contributed by atoms with Gasteiger partial charge in [-0.3, -0.25) is 9.59 Å². The maximum Gasteiger partial charge on any atom is 0.260 e. The molecule has 2 amide bonds. The van der Waals surface area contributed by atoms with Gasteiger partial charge in [-0.1, -0.05) is 0 Å². The summed E-state index contributed by atoms with van der Waals surface area (Å²) in [5.41, 5.74) is 5.43. The van der Waals surface area contributed by atoms with Crippen LogP contribution in [-0.4, -0.2) is 42.8 Å². The van der Waals surface area contributed by atoms with Crippen molar-refractivity contribution in [2.75, 3.05) is 19.7 Å². The molecule has 108 valence electrons. The SMILES string of the molecule is NC(=O)c1ccc(OCC(=O)N2CC(C(F)F)C2)cc1. The molecule has 1 heterocycles. The molecule has 0 aromatic heterocycles. The fourth-order valence-corrected chi connectivity index (χ4v) is 1.83. The van der Waals surface area contributed by atoms with Gasteiger partial charge < -0.3 is 15.4 Å². The zero-order chi connectivity index (χ0) is 14.7. The average Bonchev–Trinajstić information content (AvgIpc) is 2.34. The van der Waals surface area contributed by atoms with Crippen LogP contribution in [0, 0.1) is 5.92 Å². The molecule has 2 rings (SSSR count). The summed E-state index contributed by atoms with van der Waals surface area (Å²) in [4.78, 5) is 23.8. The molecule has 0 spiro atoms. The van der Waals surface area contributed by atoms with E-state index in [4.69, 9.17) is 10.5 Å². The summed E-state index contributed by atoms with van der Waals surface area (Å²) in [6.07, 6.45) is -2.39. The number of likely N-dealkylation sites (tertiary alicyclic amines) is 1. The highest BCUT2D eigenvalue weighted by atomic mass is 19.3. The van der Waals surface area contributed by atoms with Crippen LogP contribution in [0.1, 0.15) is 10.4 Å². The molecule has 1 aromatic carbocycles. The molecule has 0 atom stereocenters. The Kier molecular flexibility index (Phi) is 4.16. The van der Waals surface area contributed by atoms with Gasteiger partial charge in [0, 0.05) is 18.7 Å². The molecular weight excluding hydrogens is 270 g/mol. The Morgan fingerprint density at radius 3 is 2.40 bits per heavy atom. The van der Waals surface area contributed by atoms with E-state index in [1.807, 2.05) is 0 Å². The standard InChI is InChI=1S/C13H14F2N2O3/c14-12(15)9-5-17(6-9)11(18)7-20-10-3-1-8(2-4-10)13(16)19/h1-4,9,12H,5-7H2,(H2,16,19). The van der Waals surface area contributed by atoms with Gasteiger partial charge in [-0.25, -0.2) is 8.78 Å². The molecule has 20 heavy (non-hydrogen) atoms. The summed E-state index contributed by atoms with van der Waals surface area (Å²) in [7, 11) is 0. The van der Waals surface area contributed by atoms with E-state index in [0.717, 1.165) is 0 Å². The van der Waals surface area contributed by atoms with Gasteiger partial charge in [0.05, 0.1) is 5.92 Å². The van der Waals surface area contributed by atoms with Crippen molar-refractivity contribution in [3.63, 3.8) is 0 Å².